The van der Waals surface area contributed by atoms with Gasteiger partial charge in [-0.25, -0.2) is 13.8 Å². The molecule has 0 unspecified atom stereocenters. The summed E-state index contributed by atoms with van der Waals surface area (Å²) in [6, 6.07) is 1.54. The summed E-state index contributed by atoms with van der Waals surface area (Å²) >= 11 is 4.98. The normalized spacial score (nSPS) is 10.6. The zero-order valence-electron chi connectivity index (χ0n) is 6.81. The lowest BCUT2D eigenvalue weighted by Gasteiger charge is -2.07. The summed E-state index contributed by atoms with van der Waals surface area (Å²) in [5.74, 6) is 0. The Morgan fingerprint density at radius 2 is 2.29 bits per heavy atom. The van der Waals surface area contributed by atoms with Crippen LogP contribution in [0.25, 0.3) is 0 Å². The molecular formula is C8H5BrF2INO. The minimum atomic E-state index is -2.65. The van der Waals surface area contributed by atoms with Crippen molar-refractivity contribution in [2.24, 2.45) is 0 Å². The number of carbonyl (C=O) groups excluding carboxylic acids is 1. The zero-order chi connectivity index (χ0) is 10.7. The fraction of sp³-hybridized carbons (Fsp3) is 0.250. The minimum Gasteiger partial charge on any atom is -0.296 e. The van der Waals surface area contributed by atoms with Gasteiger partial charge in [0.1, 0.15) is 11.4 Å². The molecule has 14 heavy (non-hydrogen) atoms. The molecule has 0 aliphatic carbocycles. The first-order valence-electron chi connectivity index (χ1n) is 3.58. The van der Waals surface area contributed by atoms with Gasteiger partial charge < -0.3 is 0 Å². The van der Waals surface area contributed by atoms with E-state index in [2.05, 4.69) is 20.9 Å². The van der Waals surface area contributed by atoms with Gasteiger partial charge in [0, 0.05) is 8.90 Å². The maximum Gasteiger partial charge on any atom is 0.280 e. The molecule has 1 heterocycles. The van der Waals surface area contributed by atoms with Crippen molar-refractivity contribution in [2.45, 2.75) is 11.8 Å². The highest BCUT2D eigenvalue weighted by Crippen LogP contribution is 2.25. The average molecular weight is 376 g/mol. The first kappa shape index (κ1) is 12.0. The Hall–Kier alpha value is -0.110. The lowest BCUT2D eigenvalue weighted by atomic mass is 10.2. The average Bonchev–Trinajstić information content (AvgIpc) is 2.16. The van der Waals surface area contributed by atoms with Crippen molar-refractivity contribution in [1.29, 1.82) is 0 Å². The molecule has 6 heteroatoms. The quantitative estimate of drug-likeness (QED) is 0.461. The van der Waals surface area contributed by atoms with E-state index in [0.717, 1.165) is 0 Å². The summed E-state index contributed by atoms with van der Waals surface area (Å²) in [5.41, 5.74) is 0.144. The van der Waals surface area contributed by atoms with Crippen LogP contribution in [-0.4, -0.2) is 11.3 Å². The standard InChI is InChI=1S/C8H5BrF2INO/c9-2-4-1-5(12)6(3-14)13-7(4)8(10)11/h1,3,8H,2H2. The maximum absolute atomic E-state index is 12.5. The SMILES string of the molecule is O=Cc1nc(C(F)F)c(CBr)cc1I. The number of nitrogens with zero attached hydrogens (tertiary/aromatic N) is 1. The highest BCUT2D eigenvalue weighted by Gasteiger charge is 2.16. The molecular weight excluding hydrogens is 371 g/mol. The molecule has 0 aliphatic heterocycles. The van der Waals surface area contributed by atoms with Crippen LogP contribution in [0.2, 0.25) is 0 Å². The van der Waals surface area contributed by atoms with E-state index >= 15 is 0 Å². The van der Waals surface area contributed by atoms with Crippen LogP contribution in [0, 0.1) is 3.57 Å². The number of carbonyl (C=O) groups is 1. The first-order valence-corrected chi connectivity index (χ1v) is 5.78. The monoisotopic (exact) mass is 375 g/mol. The van der Waals surface area contributed by atoms with E-state index in [4.69, 9.17) is 0 Å². The number of pyridine rings is 1. The Bertz CT molecular complexity index is 359. The van der Waals surface area contributed by atoms with E-state index in [1.54, 1.807) is 0 Å². The van der Waals surface area contributed by atoms with Crippen LogP contribution in [0.1, 0.15) is 28.2 Å². The van der Waals surface area contributed by atoms with Crippen molar-refractivity contribution >= 4 is 44.8 Å². The second-order valence-corrected chi connectivity index (χ2v) is 4.17. The zero-order valence-corrected chi connectivity index (χ0v) is 10.5. The summed E-state index contributed by atoms with van der Waals surface area (Å²) in [6.07, 6.45) is -2.18. The van der Waals surface area contributed by atoms with Gasteiger partial charge in [0.05, 0.1) is 0 Å². The van der Waals surface area contributed by atoms with Crippen LogP contribution < -0.4 is 0 Å². The molecule has 1 aromatic rings. The van der Waals surface area contributed by atoms with E-state index in [1.165, 1.54) is 6.07 Å². The van der Waals surface area contributed by atoms with Crippen LogP contribution in [0.3, 0.4) is 0 Å². The van der Waals surface area contributed by atoms with Crippen molar-refractivity contribution in [2.75, 3.05) is 0 Å². The van der Waals surface area contributed by atoms with Gasteiger partial charge in [-0.1, -0.05) is 15.9 Å². The lowest BCUT2D eigenvalue weighted by Crippen LogP contribution is -2.02. The van der Waals surface area contributed by atoms with Crippen molar-refractivity contribution < 1.29 is 13.6 Å². The molecule has 0 amide bonds. The molecule has 0 bridgehead atoms. The number of hydrogen-bond donors (Lipinski definition) is 0. The summed E-state index contributed by atoms with van der Waals surface area (Å²) < 4.78 is 25.5. The third kappa shape index (κ3) is 2.47. The molecule has 76 valence electrons. The largest absolute Gasteiger partial charge is 0.296 e. The molecule has 0 saturated carbocycles. The summed E-state index contributed by atoms with van der Waals surface area (Å²) in [7, 11) is 0. The smallest absolute Gasteiger partial charge is 0.280 e. The number of aromatic nitrogens is 1. The van der Waals surface area contributed by atoms with Crippen LogP contribution in [0.5, 0.6) is 0 Å². The van der Waals surface area contributed by atoms with Crippen LogP contribution in [0.15, 0.2) is 6.07 Å². The number of rotatable bonds is 3. The van der Waals surface area contributed by atoms with Gasteiger partial charge in [-0.15, -0.1) is 0 Å². The second-order valence-electron chi connectivity index (χ2n) is 2.45. The molecule has 0 aliphatic rings. The summed E-state index contributed by atoms with van der Waals surface area (Å²) in [6.45, 7) is 0. The van der Waals surface area contributed by atoms with Gasteiger partial charge in [-0.05, 0) is 34.2 Å². The fourth-order valence-corrected chi connectivity index (χ4v) is 2.01. The van der Waals surface area contributed by atoms with Gasteiger partial charge in [0.15, 0.2) is 6.29 Å². The fourth-order valence-electron chi connectivity index (χ4n) is 0.934. The maximum atomic E-state index is 12.5. The lowest BCUT2D eigenvalue weighted by molar-refractivity contribution is 0.111. The van der Waals surface area contributed by atoms with Crippen molar-refractivity contribution in [1.82, 2.24) is 4.98 Å². The van der Waals surface area contributed by atoms with Gasteiger partial charge in [-0.2, -0.15) is 0 Å². The van der Waals surface area contributed by atoms with Crippen molar-refractivity contribution in [3.8, 4) is 0 Å². The number of alkyl halides is 3. The highest BCUT2D eigenvalue weighted by molar-refractivity contribution is 14.1. The van der Waals surface area contributed by atoms with E-state index < -0.39 is 6.43 Å². The van der Waals surface area contributed by atoms with Crippen molar-refractivity contribution in [3.05, 3.63) is 26.6 Å². The van der Waals surface area contributed by atoms with E-state index in [-0.39, 0.29) is 11.4 Å². The Kier molecular flexibility index (Phi) is 4.36. The number of aldehydes is 1. The van der Waals surface area contributed by atoms with E-state index in [1.807, 2.05) is 22.6 Å². The Labute approximate surface area is 101 Å². The number of halogens is 4. The molecule has 0 spiro atoms. The molecule has 1 aromatic heterocycles. The molecule has 0 saturated heterocycles. The van der Waals surface area contributed by atoms with Gasteiger partial charge in [0.2, 0.25) is 0 Å². The predicted octanol–water partition coefficient (Wildman–Crippen LogP) is 3.33. The summed E-state index contributed by atoms with van der Waals surface area (Å²) in [4.78, 5) is 14.1. The molecule has 1 rings (SSSR count). The molecule has 0 fully saturated rings. The molecule has 0 atom stereocenters. The molecule has 0 N–H and O–H groups in total. The molecule has 0 radical (unpaired) electrons. The van der Waals surface area contributed by atoms with Crippen molar-refractivity contribution in [3.63, 3.8) is 0 Å². The Morgan fingerprint density at radius 3 is 2.71 bits per heavy atom. The van der Waals surface area contributed by atoms with Crippen LogP contribution in [-0.2, 0) is 5.33 Å². The highest BCUT2D eigenvalue weighted by atomic mass is 127. The third-order valence-electron chi connectivity index (χ3n) is 1.58. The van der Waals surface area contributed by atoms with E-state index in [0.29, 0.717) is 20.7 Å². The number of hydrogen-bond acceptors (Lipinski definition) is 2. The third-order valence-corrected chi connectivity index (χ3v) is 3.05. The predicted molar refractivity (Wildman–Crippen MR) is 59.9 cm³/mol. The molecule has 0 aromatic carbocycles. The first-order chi connectivity index (χ1) is 6.60. The van der Waals surface area contributed by atoms with Gasteiger partial charge in [0.25, 0.3) is 6.43 Å². The molecule has 2 nitrogen and oxygen atoms in total. The van der Waals surface area contributed by atoms with E-state index in [9.17, 15) is 13.6 Å². The summed E-state index contributed by atoms with van der Waals surface area (Å²) in [5, 5.41) is 0.300. The minimum absolute atomic E-state index is 0.0607. The van der Waals surface area contributed by atoms with Gasteiger partial charge >= 0.3 is 0 Å². The van der Waals surface area contributed by atoms with Crippen LogP contribution in [0.4, 0.5) is 8.78 Å². The Morgan fingerprint density at radius 1 is 1.64 bits per heavy atom. The second kappa shape index (κ2) is 5.11. The topological polar surface area (TPSA) is 30.0 Å². The van der Waals surface area contributed by atoms with Gasteiger partial charge in [-0.3, -0.25) is 4.79 Å². The Balaban J connectivity index is 3.32. The van der Waals surface area contributed by atoms with Crippen LogP contribution >= 0.6 is 38.5 Å².